The Labute approximate surface area is 174 Å². The van der Waals surface area contributed by atoms with E-state index in [1.54, 1.807) is 27.8 Å². The highest BCUT2D eigenvalue weighted by molar-refractivity contribution is 6.01. The number of nitrogens with one attached hydrogen (secondary N) is 1. The SMILES string of the molecule is CCC1CCCCCCCCC(=O)NC(=NC(=O)OC(C)(C)C)N(C)CC(=O)O1. The van der Waals surface area contributed by atoms with E-state index < -0.39 is 17.7 Å². The summed E-state index contributed by atoms with van der Waals surface area (Å²) >= 11 is 0. The predicted octanol–water partition coefficient (Wildman–Crippen LogP) is 3.78. The lowest BCUT2D eigenvalue weighted by Crippen LogP contribution is -2.45. The Morgan fingerprint density at radius 2 is 1.79 bits per heavy atom. The van der Waals surface area contributed by atoms with Crippen LogP contribution >= 0.6 is 0 Å². The zero-order chi connectivity index (χ0) is 21.9. The van der Waals surface area contributed by atoms with E-state index in [1.165, 1.54) is 4.90 Å². The predicted molar refractivity (Wildman–Crippen MR) is 112 cm³/mol. The van der Waals surface area contributed by atoms with Crippen molar-refractivity contribution in [2.45, 2.75) is 97.2 Å². The molecule has 1 saturated heterocycles. The first-order chi connectivity index (χ1) is 13.6. The van der Waals surface area contributed by atoms with E-state index >= 15 is 0 Å². The number of likely N-dealkylation sites (N-methyl/N-ethyl adjacent to an activating group) is 1. The number of rotatable bonds is 1. The molecule has 0 bridgehead atoms. The van der Waals surface area contributed by atoms with Crippen molar-refractivity contribution in [1.29, 1.82) is 0 Å². The molecule has 0 aromatic heterocycles. The number of esters is 1. The van der Waals surface area contributed by atoms with E-state index in [0.29, 0.717) is 6.42 Å². The molecule has 166 valence electrons. The molecule has 1 aliphatic heterocycles. The van der Waals surface area contributed by atoms with Gasteiger partial charge in [-0.15, -0.1) is 4.99 Å². The van der Waals surface area contributed by atoms with Gasteiger partial charge in [0.05, 0.1) is 0 Å². The van der Waals surface area contributed by atoms with Gasteiger partial charge in [0, 0.05) is 13.5 Å². The van der Waals surface area contributed by atoms with Crippen LogP contribution in [0.1, 0.15) is 85.5 Å². The molecule has 1 unspecified atom stereocenters. The van der Waals surface area contributed by atoms with Crippen molar-refractivity contribution in [2.75, 3.05) is 13.6 Å². The van der Waals surface area contributed by atoms with Crippen LogP contribution in [0.4, 0.5) is 4.79 Å². The van der Waals surface area contributed by atoms with Gasteiger partial charge in [0.25, 0.3) is 0 Å². The summed E-state index contributed by atoms with van der Waals surface area (Å²) in [6, 6.07) is 0. The van der Waals surface area contributed by atoms with Crippen LogP contribution in [0.25, 0.3) is 0 Å². The summed E-state index contributed by atoms with van der Waals surface area (Å²) < 4.78 is 10.8. The van der Waals surface area contributed by atoms with Crippen LogP contribution in [0.2, 0.25) is 0 Å². The van der Waals surface area contributed by atoms with E-state index in [9.17, 15) is 14.4 Å². The standard InChI is InChI=1S/C21H37N3O5/c1-6-16-13-11-9-7-8-10-12-14-17(25)22-19(24(5)15-18(26)28-16)23-20(27)29-21(2,3)4/h16H,6-15H2,1-5H3,(H,22,23,25,27). The largest absolute Gasteiger partial charge is 0.461 e. The average Bonchev–Trinajstić information content (AvgIpc) is 2.59. The Morgan fingerprint density at radius 1 is 1.17 bits per heavy atom. The van der Waals surface area contributed by atoms with Crippen molar-refractivity contribution < 1.29 is 23.9 Å². The van der Waals surface area contributed by atoms with Crippen molar-refractivity contribution in [3.05, 3.63) is 0 Å². The van der Waals surface area contributed by atoms with Crippen LogP contribution in [0, 0.1) is 0 Å². The first-order valence-electron chi connectivity index (χ1n) is 10.6. The summed E-state index contributed by atoms with van der Waals surface area (Å²) in [4.78, 5) is 42.0. The Hall–Kier alpha value is -2.12. The molecule has 0 radical (unpaired) electrons. The van der Waals surface area contributed by atoms with Gasteiger partial charge in [-0.05, 0) is 46.5 Å². The van der Waals surface area contributed by atoms with Gasteiger partial charge in [0.15, 0.2) is 0 Å². The molecule has 1 fully saturated rings. The smallest absolute Gasteiger partial charge is 0.437 e. The zero-order valence-corrected chi connectivity index (χ0v) is 18.6. The van der Waals surface area contributed by atoms with Gasteiger partial charge in [-0.3, -0.25) is 14.9 Å². The van der Waals surface area contributed by atoms with E-state index in [4.69, 9.17) is 9.47 Å². The maximum absolute atomic E-state index is 12.3. The van der Waals surface area contributed by atoms with Crippen LogP contribution in [-0.2, 0) is 19.1 Å². The van der Waals surface area contributed by atoms with Crippen LogP contribution < -0.4 is 5.32 Å². The average molecular weight is 412 g/mol. The van der Waals surface area contributed by atoms with Crippen molar-refractivity contribution in [3.8, 4) is 0 Å². The molecule has 0 aromatic rings. The molecular weight excluding hydrogens is 374 g/mol. The third-order valence-electron chi connectivity index (χ3n) is 4.50. The van der Waals surface area contributed by atoms with E-state index in [0.717, 1.165) is 51.4 Å². The van der Waals surface area contributed by atoms with Gasteiger partial charge in [-0.25, -0.2) is 4.79 Å². The molecule has 1 atom stereocenters. The fourth-order valence-electron chi connectivity index (χ4n) is 2.97. The van der Waals surface area contributed by atoms with Crippen LogP contribution in [0.15, 0.2) is 4.99 Å². The quantitative estimate of drug-likeness (QED) is 0.660. The lowest BCUT2D eigenvalue weighted by molar-refractivity contribution is -0.149. The normalized spacial score (nSPS) is 22.7. The number of aliphatic imine (C=N–C) groups is 1. The number of cyclic esters (lactones) is 1. The number of ether oxygens (including phenoxy) is 2. The van der Waals surface area contributed by atoms with Gasteiger partial charge in [-0.1, -0.05) is 32.6 Å². The molecular formula is C21H37N3O5. The molecule has 0 spiro atoms. The highest BCUT2D eigenvalue weighted by Crippen LogP contribution is 2.14. The topological polar surface area (TPSA) is 97.3 Å². The van der Waals surface area contributed by atoms with Gasteiger partial charge in [-0.2, -0.15) is 0 Å². The third kappa shape index (κ3) is 11.5. The van der Waals surface area contributed by atoms with E-state index in [1.807, 2.05) is 6.92 Å². The number of carbonyl (C=O) groups excluding carboxylic acids is 3. The summed E-state index contributed by atoms with van der Waals surface area (Å²) in [5.41, 5.74) is -0.713. The maximum Gasteiger partial charge on any atom is 0.437 e. The molecule has 8 heteroatoms. The first-order valence-corrected chi connectivity index (χ1v) is 10.6. The number of hydrogen-bond donors (Lipinski definition) is 1. The molecule has 0 saturated carbocycles. The number of amides is 2. The summed E-state index contributed by atoms with van der Waals surface area (Å²) in [7, 11) is 1.58. The lowest BCUT2D eigenvalue weighted by Gasteiger charge is -2.23. The number of guanidine groups is 1. The van der Waals surface area contributed by atoms with Crippen molar-refractivity contribution >= 4 is 23.9 Å². The van der Waals surface area contributed by atoms with Gasteiger partial charge in [0.2, 0.25) is 11.9 Å². The Bertz CT molecular complexity index is 583. The highest BCUT2D eigenvalue weighted by Gasteiger charge is 2.21. The summed E-state index contributed by atoms with van der Waals surface area (Å²) in [6.45, 7) is 7.06. The molecule has 1 aliphatic rings. The number of nitrogens with zero attached hydrogens (tertiary/aromatic N) is 2. The maximum atomic E-state index is 12.3. The van der Waals surface area contributed by atoms with Gasteiger partial charge >= 0.3 is 12.1 Å². The van der Waals surface area contributed by atoms with Gasteiger partial charge < -0.3 is 14.4 Å². The minimum Gasteiger partial charge on any atom is -0.461 e. The fraction of sp³-hybridized carbons (Fsp3) is 0.810. The summed E-state index contributed by atoms with van der Waals surface area (Å²) in [6.07, 6.45) is 7.06. The monoisotopic (exact) mass is 411 g/mol. The van der Waals surface area contributed by atoms with Crippen LogP contribution in [-0.4, -0.2) is 54.1 Å². The highest BCUT2D eigenvalue weighted by atomic mass is 16.6. The van der Waals surface area contributed by atoms with Crippen molar-refractivity contribution in [2.24, 2.45) is 4.99 Å². The molecule has 0 aliphatic carbocycles. The van der Waals surface area contributed by atoms with E-state index in [-0.39, 0.29) is 24.5 Å². The molecule has 1 rings (SSSR count). The number of carbonyl (C=O) groups is 3. The van der Waals surface area contributed by atoms with Gasteiger partial charge in [0.1, 0.15) is 18.2 Å². The third-order valence-corrected chi connectivity index (χ3v) is 4.50. The molecule has 29 heavy (non-hydrogen) atoms. The molecule has 0 aromatic carbocycles. The molecule has 1 heterocycles. The van der Waals surface area contributed by atoms with E-state index in [2.05, 4.69) is 10.3 Å². The van der Waals surface area contributed by atoms with Crippen LogP contribution in [0.3, 0.4) is 0 Å². The second-order valence-corrected chi connectivity index (χ2v) is 8.50. The van der Waals surface area contributed by atoms with Crippen molar-refractivity contribution in [3.63, 3.8) is 0 Å². The Balaban J connectivity index is 2.93. The molecule has 8 nitrogen and oxygen atoms in total. The summed E-state index contributed by atoms with van der Waals surface area (Å²) in [5, 5.41) is 2.64. The fourth-order valence-corrected chi connectivity index (χ4v) is 2.97. The van der Waals surface area contributed by atoms with Crippen LogP contribution in [0.5, 0.6) is 0 Å². The lowest BCUT2D eigenvalue weighted by atomic mass is 10.0. The number of hydrogen-bond acceptors (Lipinski definition) is 5. The zero-order valence-electron chi connectivity index (χ0n) is 18.6. The minimum atomic E-state index is -0.825. The van der Waals surface area contributed by atoms with Crippen molar-refractivity contribution in [1.82, 2.24) is 10.2 Å². The summed E-state index contributed by atoms with van der Waals surface area (Å²) in [5.74, 6) is -0.676. The second-order valence-electron chi connectivity index (χ2n) is 8.50. The first kappa shape index (κ1) is 24.9. The Kier molecular flexibility index (Phi) is 10.7. The molecule has 2 amide bonds. The second kappa shape index (κ2) is 12.4. The minimum absolute atomic E-state index is 0.0126. The Morgan fingerprint density at radius 3 is 2.41 bits per heavy atom. The molecule has 1 N–H and O–H groups in total.